The predicted octanol–water partition coefficient (Wildman–Crippen LogP) is 3.14. The van der Waals surface area contributed by atoms with Gasteiger partial charge in [-0.25, -0.2) is 4.79 Å². The van der Waals surface area contributed by atoms with E-state index >= 15 is 0 Å². The van der Waals surface area contributed by atoms with E-state index in [1.54, 1.807) is 0 Å². The van der Waals surface area contributed by atoms with Crippen molar-refractivity contribution >= 4 is 16.9 Å². The molecule has 1 atom stereocenters. The maximum absolute atomic E-state index is 11.8. The maximum Gasteiger partial charge on any atom is 0.343 e. The number of carbonyl (C=O) groups is 1. The third kappa shape index (κ3) is 2.57. The van der Waals surface area contributed by atoms with E-state index in [0.717, 1.165) is 4.90 Å². The van der Waals surface area contributed by atoms with Crippen molar-refractivity contribution in [1.29, 1.82) is 0 Å². The van der Waals surface area contributed by atoms with Gasteiger partial charge in [0.15, 0.2) is 9.79 Å². The summed E-state index contributed by atoms with van der Waals surface area (Å²) in [5.74, 6) is -0.277. The molecule has 0 saturated heterocycles. The number of methoxy groups -OCH3 is 1. The third-order valence-electron chi connectivity index (χ3n) is 2.72. The second-order valence-electron chi connectivity index (χ2n) is 3.81. The van der Waals surface area contributed by atoms with E-state index < -0.39 is 0 Å². The van der Waals surface area contributed by atoms with Gasteiger partial charge < -0.3 is 4.74 Å². The summed E-state index contributed by atoms with van der Waals surface area (Å²) < 4.78 is 4.83. The van der Waals surface area contributed by atoms with Crippen molar-refractivity contribution in [2.45, 2.75) is 9.79 Å². The minimum absolute atomic E-state index is 0.131. The Balaban J connectivity index is 2.42. The van der Waals surface area contributed by atoms with Crippen LogP contribution in [0, 0.1) is 0 Å². The number of hydrogen-bond donors (Lipinski definition) is 0. The zero-order chi connectivity index (χ0) is 13.0. The number of esters is 1. The highest BCUT2D eigenvalue weighted by Crippen LogP contribution is 2.24. The lowest BCUT2D eigenvalue weighted by molar-refractivity contribution is 0.0596. The Labute approximate surface area is 110 Å². The Morgan fingerprint density at radius 2 is 1.61 bits per heavy atom. The van der Waals surface area contributed by atoms with Crippen LogP contribution in [-0.2, 0) is 15.6 Å². The fraction of sp³-hybridized carbons (Fsp3) is 0.133. The molecular formula is C15H15O2S+. The molecule has 18 heavy (non-hydrogen) atoms. The van der Waals surface area contributed by atoms with E-state index in [1.807, 2.05) is 42.5 Å². The molecule has 0 fully saturated rings. The first-order chi connectivity index (χ1) is 8.74. The smallest absolute Gasteiger partial charge is 0.343 e. The third-order valence-corrected chi connectivity index (χ3v) is 4.71. The van der Waals surface area contributed by atoms with E-state index in [9.17, 15) is 4.79 Å². The molecule has 0 bridgehead atoms. The van der Waals surface area contributed by atoms with Gasteiger partial charge in [0.25, 0.3) is 0 Å². The van der Waals surface area contributed by atoms with Gasteiger partial charge in [0.2, 0.25) is 0 Å². The maximum atomic E-state index is 11.8. The van der Waals surface area contributed by atoms with E-state index in [2.05, 4.69) is 18.4 Å². The zero-order valence-electron chi connectivity index (χ0n) is 10.4. The van der Waals surface area contributed by atoms with Crippen LogP contribution in [0.25, 0.3) is 0 Å². The molecule has 0 spiro atoms. The summed E-state index contributed by atoms with van der Waals surface area (Å²) in [5, 5.41) is 0. The minimum atomic E-state index is -0.277. The predicted molar refractivity (Wildman–Crippen MR) is 74.0 cm³/mol. The van der Waals surface area contributed by atoms with Crippen LogP contribution in [0.4, 0.5) is 0 Å². The fourth-order valence-corrected chi connectivity index (χ4v) is 3.35. The van der Waals surface area contributed by atoms with Crippen LogP contribution in [0.5, 0.6) is 0 Å². The highest BCUT2D eigenvalue weighted by molar-refractivity contribution is 7.96. The molecule has 0 aliphatic heterocycles. The van der Waals surface area contributed by atoms with Gasteiger partial charge in [-0.2, -0.15) is 0 Å². The lowest BCUT2D eigenvalue weighted by atomic mass is 10.2. The number of hydrogen-bond acceptors (Lipinski definition) is 2. The fourth-order valence-electron chi connectivity index (χ4n) is 1.76. The van der Waals surface area contributed by atoms with E-state index in [-0.39, 0.29) is 16.9 Å². The van der Waals surface area contributed by atoms with Crippen LogP contribution < -0.4 is 0 Å². The molecule has 2 rings (SSSR count). The average molecular weight is 259 g/mol. The van der Waals surface area contributed by atoms with Gasteiger partial charge in [0.1, 0.15) is 11.8 Å². The lowest BCUT2D eigenvalue weighted by Crippen LogP contribution is -2.10. The standard InChI is InChI=1S/C15H15O2S/c1-17-15(16)13-10-6-7-11-14(13)18(2)12-8-4-3-5-9-12/h3-11H,1-2H3/q+1. The quantitative estimate of drug-likeness (QED) is 0.625. The topological polar surface area (TPSA) is 26.3 Å². The summed E-state index contributed by atoms with van der Waals surface area (Å²) in [7, 11) is 1.28. The van der Waals surface area contributed by atoms with E-state index in [1.165, 1.54) is 12.0 Å². The summed E-state index contributed by atoms with van der Waals surface area (Å²) in [6.07, 6.45) is 2.12. The van der Waals surface area contributed by atoms with Crippen LogP contribution in [0.2, 0.25) is 0 Å². The number of ether oxygens (including phenoxy) is 1. The molecule has 92 valence electrons. The molecule has 0 saturated carbocycles. The molecule has 3 heteroatoms. The Hall–Kier alpha value is -1.74. The van der Waals surface area contributed by atoms with Gasteiger partial charge >= 0.3 is 5.97 Å². The van der Waals surface area contributed by atoms with Gasteiger partial charge in [-0.1, -0.05) is 30.3 Å². The zero-order valence-corrected chi connectivity index (χ0v) is 11.2. The van der Waals surface area contributed by atoms with Crippen molar-refractivity contribution in [2.75, 3.05) is 13.4 Å². The minimum Gasteiger partial charge on any atom is -0.465 e. The van der Waals surface area contributed by atoms with Crippen molar-refractivity contribution in [3.63, 3.8) is 0 Å². The Kier molecular flexibility index (Phi) is 4.05. The van der Waals surface area contributed by atoms with Crippen LogP contribution in [-0.4, -0.2) is 19.3 Å². The van der Waals surface area contributed by atoms with E-state index in [0.29, 0.717) is 5.56 Å². The SMILES string of the molecule is COC(=O)c1ccccc1[S+](C)c1ccccc1. The summed E-state index contributed by atoms with van der Waals surface area (Å²) >= 11 is 0. The van der Waals surface area contributed by atoms with Crippen LogP contribution in [0.3, 0.4) is 0 Å². The Morgan fingerprint density at radius 1 is 1.00 bits per heavy atom. The van der Waals surface area contributed by atoms with Crippen molar-refractivity contribution in [3.05, 3.63) is 60.2 Å². The number of rotatable bonds is 3. The molecule has 0 N–H and O–H groups in total. The highest BCUT2D eigenvalue weighted by Gasteiger charge is 2.25. The average Bonchev–Trinajstić information content (AvgIpc) is 2.46. The molecule has 0 radical (unpaired) electrons. The van der Waals surface area contributed by atoms with Crippen molar-refractivity contribution < 1.29 is 9.53 Å². The van der Waals surface area contributed by atoms with Crippen LogP contribution >= 0.6 is 0 Å². The molecule has 2 aromatic carbocycles. The first kappa shape index (κ1) is 12.7. The van der Waals surface area contributed by atoms with Gasteiger partial charge in [-0.3, -0.25) is 0 Å². The summed E-state index contributed by atoms with van der Waals surface area (Å²) in [4.78, 5) is 14.0. The second-order valence-corrected chi connectivity index (χ2v) is 5.74. The molecule has 0 aromatic heterocycles. The summed E-state index contributed by atoms with van der Waals surface area (Å²) in [6, 6.07) is 17.8. The largest absolute Gasteiger partial charge is 0.465 e. The molecule has 2 aromatic rings. The number of carbonyl (C=O) groups excluding carboxylic acids is 1. The molecular weight excluding hydrogens is 244 g/mol. The van der Waals surface area contributed by atoms with Crippen molar-refractivity contribution in [1.82, 2.24) is 0 Å². The molecule has 2 nitrogen and oxygen atoms in total. The van der Waals surface area contributed by atoms with Crippen LogP contribution in [0.15, 0.2) is 64.4 Å². The van der Waals surface area contributed by atoms with Crippen molar-refractivity contribution in [2.24, 2.45) is 0 Å². The molecule has 0 aliphatic rings. The van der Waals surface area contributed by atoms with Gasteiger partial charge in [0.05, 0.1) is 18.0 Å². The first-order valence-corrected chi connectivity index (χ1v) is 7.25. The van der Waals surface area contributed by atoms with Gasteiger partial charge in [0, 0.05) is 0 Å². The molecule has 0 amide bonds. The second kappa shape index (κ2) is 5.74. The van der Waals surface area contributed by atoms with Crippen molar-refractivity contribution in [3.8, 4) is 0 Å². The lowest BCUT2D eigenvalue weighted by Gasteiger charge is -2.06. The molecule has 0 aliphatic carbocycles. The monoisotopic (exact) mass is 259 g/mol. The van der Waals surface area contributed by atoms with Gasteiger partial charge in [-0.05, 0) is 24.3 Å². The van der Waals surface area contributed by atoms with Gasteiger partial charge in [-0.15, -0.1) is 0 Å². The summed E-state index contributed by atoms with van der Waals surface area (Å²) in [6.45, 7) is 0. The number of benzene rings is 2. The Bertz CT molecular complexity index is 537. The normalized spacial score (nSPS) is 11.9. The summed E-state index contributed by atoms with van der Waals surface area (Å²) in [5.41, 5.74) is 0.648. The molecule has 1 unspecified atom stereocenters. The van der Waals surface area contributed by atoms with E-state index in [4.69, 9.17) is 4.74 Å². The first-order valence-electron chi connectivity index (χ1n) is 5.62. The molecule has 0 heterocycles. The highest BCUT2D eigenvalue weighted by atomic mass is 32.2. The Morgan fingerprint density at radius 3 is 2.28 bits per heavy atom. The van der Waals surface area contributed by atoms with Crippen LogP contribution in [0.1, 0.15) is 10.4 Å².